The zero-order valence-corrected chi connectivity index (χ0v) is 18.6. The lowest BCUT2D eigenvalue weighted by Gasteiger charge is -2.33. The topological polar surface area (TPSA) is 115 Å². The Kier molecular flexibility index (Phi) is 6.42. The Morgan fingerprint density at radius 3 is 1.45 bits per heavy atom. The van der Waals surface area contributed by atoms with Crippen molar-refractivity contribution in [3.63, 3.8) is 0 Å². The largest absolute Gasteiger partial charge is 0.574 e. The summed E-state index contributed by atoms with van der Waals surface area (Å²) in [6, 6.07) is 15.9. The first-order valence-corrected chi connectivity index (χ1v) is 11.9. The first-order valence-electron chi connectivity index (χ1n) is 8.99. The van der Waals surface area contributed by atoms with E-state index < -0.39 is 20.0 Å². The van der Waals surface area contributed by atoms with Gasteiger partial charge < -0.3 is 18.9 Å². The van der Waals surface area contributed by atoms with Gasteiger partial charge in [-0.1, -0.05) is 23.8 Å². The Balaban J connectivity index is 1.92. The van der Waals surface area contributed by atoms with Crippen molar-refractivity contribution in [2.75, 3.05) is 14.2 Å². The van der Waals surface area contributed by atoms with Crippen LogP contribution >= 0.6 is 0 Å². The van der Waals surface area contributed by atoms with Crippen molar-refractivity contribution >= 4 is 31.4 Å². The van der Waals surface area contributed by atoms with Gasteiger partial charge in [0.15, 0.2) is 0 Å². The summed E-state index contributed by atoms with van der Waals surface area (Å²) in [5.74, 6) is 0.992. The standard InChI is InChI=1S/C21H20N2O6S2/c1-15-4-13-20(22-30(24,25)18-9-5-16(28-2)6-10-18)21(14-15)23-31(26,27)19-11-7-17(29-3)8-12-19/h4-14H,1-3H3/q-2. The Bertz CT molecular complexity index is 1270. The molecule has 31 heavy (non-hydrogen) atoms. The quantitative estimate of drug-likeness (QED) is 0.477. The van der Waals surface area contributed by atoms with Gasteiger partial charge in [0.05, 0.1) is 24.0 Å². The minimum Gasteiger partial charge on any atom is -0.574 e. The van der Waals surface area contributed by atoms with Gasteiger partial charge >= 0.3 is 0 Å². The summed E-state index contributed by atoms with van der Waals surface area (Å²) in [5.41, 5.74) is 0.538. The molecule has 0 bridgehead atoms. The van der Waals surface area contributed by atoms with Gasteiger partial charge in [0.1, 0.15) is 31.5 Å². The van der Waals surface area contributed by atoms with E-state index in [1.54, 1.807) is 13.0 Å². The predicted octanol–water partition coefficient (Wildman–Crippen LogP) is 4.80. The number of rotatable bonds is 8. The van der Waals surface area contributed by atoms with Crippen LogP contribution in [-0.4, -0.2) is 31.1 Å². The van der Waals surface area contributed by atoms with E-state index in [0.717, 1.165) is 0 Å². The van der Waals surface area contributed by atoms with Gasteiger partial charge in [0, 0.05) is 0 Å². The summed E-state index contributed by atoms with van der Waals surface area (Å²) in [7, 11) is -5.27. The zero-order chi connectivity index (χ0) is 22.6. The van der Waals surface area contributed by atoms with Crippen molar-refractivity contribution in [3.8, 4) is 11.5 Å². The van der Waals surface area contributed by atoms with Crippen LogP contribution in [-0.2, 0) is 20.0 Å². The molecule has 0 aromatic heterocycles. The maximum absolute atomic E-state index is 12.8. The highest BCUT2D eigenvalue weighted by atomic mass is 32.2. The molecule has 0 unspecified atom stereocenters. The van der Waals surface area contributed by atoms with Crippen LogP contribution in [0.5, 0.6) is 11.5 Å². The van der Waals surface area contributed by atoms with Gasteiger partial charge in [-0.05, 0) is 55.5 Å². The molecule has 0 heterocycles. The minimum atomic E-state index is -4.11. The second-order valence-electron chi connectivity index (χ2n) is 6.48. The van der Waals surface area contributed by atoms with E-state index in [2.05, 4.69) is 9.44 Å². The molecule has 0 atom stereocenters. The van der Waals surface area contributed by atoms with Crippen molar-refractivity contribution < 1.29 is 26.3 Å². The Morgan fingerprint density at radius 2 is 1.03 bits per heavy atom. The monoisotopic (exact) mass is 460 g/mol. The second-order valence-corrected chi connectivity index (χ2v) is 9.68. The number of aryl methyl sites for hydroxylation is 1. The van der Waals surface area contributed by atoms with Crippen molar-refractivity contribution in [2.45, 2.75) is 16.7 Å². The molecule has 3 rings (SSSR count). The average molecular weight is 461 g/mol. The van der Waals surface area contributed by atoms with Crippen LogP contribution in [0.25, 0.3) is 9.44 Å². The Labute approximate surface area is 181 Å². The lowest BCUT2D eigenvalue weighted by Crippen LogP contribution is -2.00. The molecule has 164 valence electrons. The van der Waals surface area contributed by atoms with Crippen LogP contribution < -0.4 is 9.47 Å². The number of hydrogen-bond acceptors (Lipinski definition) is 6. The van der Waals surface area contributed by atoms with E-state index in [9.17, 15) is 16.8 Å². The lowest BCUT2D eigenvalue weighted by molar-refractivity contribution is 0.414. The number of hydrogen-bond donors (Lipinski definition) is 0. The number of sulfonamides is 2. The molecule has 0 N–H and O–H groups in total. The average Bonchev–Trinajstić information content (AvgIpc) is 2.75. The summed E-state index contributed by atoms with van der Waals surface area (Å²) < 4.78 is 68.7. The summed E-state index contributed by atoms with van der Waals surface area (Å²) in [6.45, 7) is 1.74. The minimum absolute atomic E-state index is 0.0567. The fourth-order valence-electron chi connectivity index (χ4n) is 2.64. The van der Waals surface area contributed by atoms with Crippen LogP contribution in [0.15, 0.2) is 76.5 Å². The van der Waals surface area contributed by atoms with E-state index in [-0.39, 0.29) is 21.2 Å². The highest BCUT2D eigenvalue weighted by Crippen LogP contribution is 2.42. The number of benzene rings is 3. The molecule has 0 aliphatic rings. The van der Waals surface area contributed by atoms with Gasteiger partial charge in [-0.15, -0.1) is 11.4 Å². The molecule has 10 heteroatoms. The van der Waals surface area contributed by atoms with Gasteiger partial charge in [-0.2, -0.15) is 0 Å². The van der Waals surface area contributed by atoms with Crippen LogP contribution in [0.1, 0.15) is 5.56 Å². The third kappa shape index (κ3) is 5.28. The third-order valence-electron chi connectivity index (χ3n) is 4.28. The van der Waals surface area contributed by atoms with Crippen molar-refractivity contribution in [3.05, 3.63) is 81.7 Å². The predicted molar refractivity (Wildman–Crippen MR) is 118 cm³/mol. The molecular weight excluding hydrogens is 440 g/mol. The number of methoxy groups -OCH3 is 2. The van der Waals surface area contributed by atoms with Crippen LogP contribution in [0.4, 0.5) is 11.4 Å². The molecule has 3 aromatic rings. The summed E-state index contributed by atoms with van der Waals surface area (Å²) in [4.78, 5) is -0.114. The highest BCUT2D eigenvalue weighted by Gasteiger charge is 2.08. The van der Waals surface area contributed by atoms with E-state index >= 15 is 0 Å². The Hall–Kier alpha value is -3.24. The Morgan fingerprint density at radius 1 is 0.613 bits per heavy atom. The van der Waals surface area contributed by atoms with E-state index in [1.807, 2.05) is 0 Å². The van der Waals surface area contributed by atoms with Crippen LogP contribution in [0, 0.1) is 6.92 Å². The molecule has 0 aliphatic carbocycles. The van der Waals surface area contributed by atoms with Crippen LogP contribution in [0.3, 0.4) is 0 Å². The van der Waals surface area contributed by atoms with Gasteiger partial charge in [-0.25, -0.2) is 16.8 Å². The summed E-state index contributed by atoms with van der Waals surface area (Å²) in [6.07, 6.45) is 0. The molecule has 0 radical (unpaired) electrons. The van der Waals surface area contributed by atoms with Crippen LogP contribution in [0.2, 0.25) is 0 Å². The lowest BCUT2D eigenvalue weighted by atomic mass is 10.2. The number of ether oxygens (including phenoxy) is 2. The maximum Gasteiger partial charge on any atom is 0.123 e. The van der Waals surface area contributed by atoms with Crippen molar-refractivity contribution in [2.24, 2.45) is 0 Å². The zero-order valence-electron chi connectivity index (χ0n) is 17.0. The molecule has 0 aliphatic heterocycles. The second kappa shape index (κ2) is 8.86. The smallest absolute Gasteiger partial charge is 0.123 e. The molecule has 0 saturated carbocycles. The first kappa shape index (κ1) is 22.4. The van der Waals surface area contributed by atoms with E-state index in [4.69, 9.17) is 9.47 Å². The first-order chi connectivity index (χ1) is 14.6. The van der Waals surface area contributed by atoms with Crippen molar-refractivity contribution in [1.82, 2.24) is 0 Å². The van der Waals surface area contributed by atoms with Gasteiger partial charge in [0.2, 0.25) is 0 Å². The number of nitrogens with zero attached hydrogens (tertiary/aromatic N) is 2. The normalized spacial score (nSPS) is 11.6. The highest BCUT2D eigenvalue weighted by molar-refractivity contribution is 7.95. The fraction of sp³-hybridized carbons (Fsp3) is 0.143. The van der Waals surface area contributed by atoms with Gasteiger partial charge in [0.25, 0.3) is 0 Å². The molecule has 0 fully saturated rings. The summed E-state index contributed by atoms with van der Waals surface area (Å²) >= 11 is 0. The SMILES string of the molecule is COc1ccc(S(=O)(=O)[N-]c2ccc(C)cc2[N-]S(=O)(=O)c2ccc(OC)cc2)cc1. The maximum atomic E-state index is 12.8. The molecule has 0 saturated heterocycles. The van der Waals surface area contributed by atoms with E-state index in [0.29, 0.717) is 17.1 Å². The third-order valence-corrected chi connectivity index (χ3v) is 6.89. The van der Waals surface area contributed by atoms with E-state index in [1.165, 1.54) is 74.9 Å². The fourth-order valence-corrected chi connectivity index (χ4v) is 4.63. The molecule has 0 spiro atoms. The van der Waals surface area contributed by atoms with Gasteiger partial charge in [-0.3, -0.25) is 0 Å². The summed E-state index contributed by atoms with van der Waals surface area (Å²) in [5, 5.41) is 0. The molecule has 0 amide bonds. The van der Waals surface area contributed by atoms with Crippen molar-refractivity contribution in [1.29, 1.82) is 0 Å². The molecule has 3 aromatic carbocycles. The molecule has 8 nitrogen and oxygen atoms in total. The molecular formula is C21H20N2O6S2-2.